The predicted molar refractivity (Wildman–Crippen MR) is 91.4 cm³/mol. The van der Waals surface area contributed by atoms with E-state index in [2.05, 4.69) is 10.3 Å². The highest BCUT2D eigenvalue weighted by atomic mass is 32.2. The standard InChI is InChI=1S/C15H23N3O2S2/c1-5-9(3)16-14(19)11-7-21-8-18(11)15(20)13-10(4)17-12(6-2)22-13/h9,11H,5-8H2,1-4H3,(H,16,19)/t9-,11+/m1/s1. The lowest BCUT2D eigenvalue weighted by Crippen LogP contribution is -2.49. The van der Waals surface area contributed by atoms with E-state index in [4.69, 9.17) is 0 Å². The molecule has 0 unspecified atom stereocenters. The number of aromatic nitrogens is 1. The number of carbonyl (C=O) groups is 2. The minimum absolute atomic E-state index is 0.0504. The molecule has 2 amide bonds. The average Bonchev–Trinajstić information content (AvgIpc) is 3.12. The van der Waals surface area contributed by atoms with Gasteiger partial charge in [-0.25, -0.2) is 4.98 Å². The van der Waals surface area contributed by atoms with Crippen LogP contribution in [-0.2, 0) is 11.2 Å². The van der Waals surface area contributed by atoms with Crippen LogP contribution in [0.1, 0.15) is 47.6 Å². The van der Waals surface area contributed by atoms with Crippen LogP contribution in [0.15, 0.2) is 0 Å². The molecule has 122 valence electrons. The van der Waals surface area contributed by atoms with Crippen LogP contribution < -0.4 is 5.32 Å². The van der Waals surface area contributed by atoms with Gasteiger partial charge in [0.15, 0.2) is 0 Å². The molecule has 5 nitrogen and oxygen atoms in total. The van der Waals surface area contributed by atoms with Gasteiger partial charge in [-0.15, -0.1) is 23.1 Å². The summed E-state index contributed by atoms with van der Waals surface area (Å²) >= 11 is 3.07. The minimum Gasteiger partial charge on any atom is -0.352 e. The van der Waals surface area contributed by atoms with Gasteiger partial charge in [0.1, 0.15) is 10.9 Å². The number of carbonyl (C=O) groups excluding carboxylic acids is 2. The summed E-state index contributed by atoms with van der Waals surface area (Å²) < 4.78 is 0. The van der Waals surface area contributed by atoms with E-state index in [0.717, 1.165) is 23.5 Å². The van der Waals surface area contributed by atoms with Crippen LogP contribution >= 0.6 is 23.1 Å². The molecule has 2 rings (SSSR count). The number of rotatable bonds is 5. The second-order valence-corrected chi connectivity index (χ2v) is 7.57. The van der Waals surface area contributed by atoms with E-state index >= 15 is 0 Å². The molecule has 7 heteroatoms. The van der Waals surface area contributed by atoms with Crippen LogP contribution in [0.4, 0.5) is 0 Å². The molecule has 2 heterocycles. The van der Waals surface area contributed by atoms with Crippen molar-refractivity contribution < 1.29 is 9.59 Å². The smallest absolute Gasteiger partial charge is 0.267 e. The van der Waals surface area contributed by atoms with Crippen molar-refractivity contribution in [1.29, 1.82) is 0 Å². The Morgan fingerprint density at radius 3 is 2.77 bits per heavy atom. The van der Waals surface area contributed by atoms with E-state index in [-0.39, 0.29) is 23.9 Å². The number of nitrogens with one attached hydrogen (secondary N) is 1. The molecule has 2 atom stereocenters. The molecule has 1 N–H and O–H groups in total. The molecule has 1 saturated heterocycles. The maximum Gasteiger partial charge on any atom is 0.267 e. The summed E-state index contributed by atoms with van der Waals surface area (Å²) in [7, 11) is 0. The van der Waals surface area contributed by atoms with Crippen molar-refractivity contribution in [3.8, 4) is 0 Å². The summed E-state index contributed by atoms with van der Waals surface area (Å²) in [6.45, 7) is 7.90. The quantitative estimate of drug-likeness (QED) is 0.893. The molecule has 0 aliphatic carbocycles. The topological polar surface area (TPSA) is 62.3 Å². The van der Waals surface area contributed by atoms with Gasteiger partial charge in [0.25, 0.3) is 5.91 Å². The van der Waals surface area contributed by atoms with E-state index in [0.29, 0.717) is 16.5 Å². The number of thiazole rings is 1. The number of nitrogens with zero attached hydrogens (tertiary/aromatic N) is 2. The zero-order valence-electron chi connectivity index (χ0n) is 13.5. The first-order valence-corrected chi connectivity index (χ1v) is 9.60. The lowest BCUT2D eigenvalue weighted by molar-refractivity contribution is -0.125. The number of amides is 2. The lowest BCUT2D eigenvalue weighted by atomic mass is 10.2. The maximum absolute atomic E-state index is 12.8. The van der Waals surface area contributed by atoms with Gasteiger partial charge in [0, 0.05) is 11.8 Å². The van der Waals surface area contributed by atoms with E-state index in [1.807, 2.05) is 27.7 Å². The zero-order valence-corrected chi connectivity index (χ0v) is 15.1. The van der Waals surface area contributed by atoms with Crippen LogP contribution in [0.2, 0.25) is 0 Å². The molecule has 0 radical (unpaired) electrons. The highest BCUT2D eigenvalue weighted by Gasteiger charge is 2.36. The molecule has 1 aromatic heterocycles. The fraction of sp³-hybridized carbons (Fsp3) is 0.667. The van der Waals surface area contributed by atoms with Crippen molar-refractivity contribution in [3.05, 3.63) is 15.6 Å². The van der Waals surface area contributed by atoms with Gasteiger partial charge >= 0.3 is 0 Å². The summed E-state index contributed by atoms with van der Waals surface area (Å²) in [4.78, 5) is 31.9. The van der Waals surface area contributed by atoms with Crippen molar-refractivity contribution in [3.63, 3.8) is 0 Å². The Balaban J connectivity index is 2.14. The normalized spacial score (nSPS) is 19.3. The van der Waals surface area contributed by atoms with Crippen molar-refractivity contribution in [1.82, 2.24) is 15.2 Å². The molecule has 22 heavy (non-hydrogen) atoms. The first-order valence-electron chi connectivity index (χ1n) is 7.63. The van der Waals surface area contributed by atoms with Gasteiger partial charge in [-0.05, 0) is 26.7 Å². The molecule has 1 fully saturated rings. The maximum atomic E-state index is 12.8. The highest BCUT2D eigenvalue weighted by Crippen LogP contribution is 2.27. The second-order valence-electron chi connectivity index (χ2n) is 5.48. The van der Waals surface area contributed by atoms with Gasteiger partial charge in [-0.3, -0.25) is 9.59 Å². The van der Waals surface area contributed by atoms with E-state index < -0.39 is 0 Å². The summed E-state index contributed by atoms with van der Waals surface area (Å²) in [5.74, 6) is 1.11. The lowest BCUT2D eigenvalue weighted by Gasteiger charge is -2.24. The Labute approximate surface area is 139 Å². The van der Waals surface area contributed by atoms with Crippen LogP contribution in [0.25, 0.3) is 0 Å². The van der Waals surface area contributed by atoms with Gasteiger partial charge in [0.05, 0.1) is 16.6 Å². The molecular formula is C15H23N3O2S2. The van der Waals surface area contributed by atoms with Crippen molar-refractivity contribution in [2.45, 2.75) is 52.6 Å². The third-order valence-corrected chi connectivity index (χ3v) is 6.09. The number of hydrogen-bond donors (Lipinski definition) is 1. The van der Waals surface area contributed by atoms with E-state index in [1.165, 1.54) is 11.3 Å². The number of aryl methyl sites for hydroxylation is 2. The Morgan fingerprint density at radius 1 is 1.45 bits per heavy atom. The molecule has 1 aromatic rings. The summed E-state index contributed by atoms with van der Waals surface area (Å²) in [5.41, 5.74) is 0.768. The van der Waals surface area contributed by atoms with Gasteiger partial charge in [-0.2, -0.15) is 0 Å². The summed E-state index contributed by atoms with van der Waals surface area (Å²) in [6.07, 6.45) is 1.71. The SMILES string of the molecule is CCc1nc(C)c(C(=O)N2CSC[C@H]2C(=O)N[C@H](C)CC)s1. The van der Waals surface area contributed by atoms with Gasteiger partial charge in [0.2, 0.25) is 5.91 Å². The Morgan fingerprint density at radius 2 is 2.18 bits per heavy atom. The third kappa shape index (κ3) is 3.63. The van der Waals surface area contributed by atoms with Crippen LogP contribution in [0.5, 0.6) is 0 Å². The third-order valence-electron chi connectivity index (χ3n) is 3.78. The minimum atomic E-state index is -0.377. The summed E-state index contributed by atoms with van der Waals surface area (Å²) in [6, 6.07) is -0.245. The first-order chi connectivity index (χ1) is 10.5. The molecule has 0 bridgehead atoms. The second kappa shape index (κ2) is 7.46. The Hall–Kier alpha value is -1.08. The van der Waals surface area contributed by atoms with Crippen molar-refractivity contribution in [2.24, 2.45) is 0 Å². The average molecular weight is 342 g/mol. The molecule has 1 aliphatic rings. The molecule has 0 saturated carbocycles. The molecule has 0 aromatic carbocycles. The Bertz CT molecular complexity index is 559. The van der Waals surface area contributed by atoms with Crippen molar-refractivity contribution in [2.75, 3.05) is 11.6 Å². The largest absolute Gasteiger partial charge is 0.352 e. The Kier molecular flexibility index (Phi) is 5.86. The van der Waals surface area contributed by atoms with E-state index in [1.54, 1.807) is 16.7 Å². The molecule has 1 aliphatic heterocycles. The fourth-order valence-corrected chi connectivity index (χ4v) is 4.35. The first kappa shape index (κ1) is 17.3. The number of thioether (sulfide) groups is 1. The van der Waals surface area contributed by atoms with Gasteiger partial charge in [-0.1, -0.05) is 13.8 Å². The molecule has 0 spiro atoms. The van der Waals surface area contributed by atoms with E-state index in [9.17, 15) is 9.59 Å². The van der Waals surface area contributed by atoms with Crippen LogP contribution in [0.3, 0.4) is 0 Å². The highest BCUT2D eigenvalue weighted by molar-refractivity contribution is 7.99. The molecular weight excluding hydrogens is 318 g/mol. The monoisotopic (exact) mass is 341 g/mol. The van der Waals surface area contributed by atoms with Crippen LogP contribution in [0, 0.1) is 6.92 Å². The van der Waals surface area contributed by atoms with Crippen LogP contribution in [-0.4, -0.2) is 45.4 Å². The predicted octanol–water partition coefficient (Wildman–Crippen LogP) is 2.44. The van der Waals surface area contributed by atoms with Crippen molar-refractivity contribution >= 4 is 34.9 Å². The summed E-state index contributed by atoms with van der Waals surface area (Å²) in [5, 5.41) is 3.95. The fourth-order valence-electron chi connectivity index (χ4n) is 2.23. The van der Waals surface area contributed by atoms with Gasteiger partial charge < -0.3 is 10.2 Å². The zero-order chi connectivity index (χ0) is 16.3. The number of hydrogen-bond acceptors (Lipinski definition) is 5.